The monoisotopic (exact) mass is 267 g/mol. The van der Waals surface area contributed by atoms with Crippen molar-refractivity contribution in [2.75, 3.05) is 6.61 Å². The van der Waals surface area contributed by atoms with Crippen LogP contribution in [-0.4, -0.2) is 16.3 Å². The first-order valence-electron chi connectivity index (χ1n) is 5.07. The minimum atomic E-state index is 0.252. The van der Waals surface area contributed by atoms with Crippen molar-refractivity contribution in [3.8, 4) is 0 Å². The number of benzene rings is 1. The molecule has 1 aromatic carbocycles. The normalized spacial score (nSPS) is 11.1. The van der Waals surface area contributed by atoms with Gasteiger partial charge in [0.15, 0.2) is 0 Å². The molecule has 0 saturated carbocycles. The fourth-order valence-electron chi connectivity index (χ4n) is 1.98. The number of aryl methyl sites for hydroxylation is 2. The van der Waals surface area contributed by atoms with E-state index in [9.17, 15) is 0 Å². The van der Waals surface area contributed by atoms with E-state index >= 15 is 0 Å². The number of aliphatic hydroxyl groups excluding tert-OH is 1. The molecule has 0 atom stereocenters. The van der Waals surface area contributed by atoms with Crippen molar-refractivity contribution < 1.29 is 5.11 Å². The number of halogens is 1. The summed E-state index contributed by atoms with van der Waals surface area (Å²) in [6.45, 7) is 0.252. The predicted molar refractivity (Wildman–Crippen MR) is 66.0 cm³/mol. The molecule has 3 heteroatoms. The fraction of sp³-hybridized carbons (Fsp3) is 0.333. The number of hydrogen-bond donors (Lipinski definition) is 1. The second-order valence-electron chi connectivity index (χ2n) is 3.73. The summed E-state index contributed by atoms with van der Waals surface area (Å²) in [5.41, 5.74) is 2.56. The van der Waals surface area contributed by atoms with Crippen molar-refractivity contribution in [2.45, 2.75) is 12.8 Å². The summed E-state index contributed by atoms with van der Waals surface area (Å²) < 4.78 is 3.26. The standard InChI is InChI=1S/C12H14BrNO/c1-14-8-11(13)10-6-2-4-9(12(10)14)5-3-7-15/h2,4,6,8,15H,3,5,7H2,1H3. The Hall–Kier alpha value is -0.800. The second-order valence-corrected chi connectivity index (χ2v) is 4.58. The highest BCUT2D eigenvalue weighted by atomic mass is 79.9. The van der Waals surface area contributed by atoms with Crippen LogP contribution < -0.4 is 0 Å². The van der Waals surface area contributed by atoms with Gasteiger partial charge in [0.1, 0.15) is 0 Å². The van der Waals surface area contributed by atoms with E-state index < -0.39 is 0 Å². The molecule has 0 unspecified atom stereocenters. The van der Waals surface area contributed by atoms with Crippen LogP contribution in [0, 0.1) is 0 Å². The van der Waals surface area contributed by atoms with Crippen LogP contribution in [0.2, 0.25) is 0 Å². The topological polar surface area (TPSA) is 25.2 Å². The van der Waals surface area contributed by atoms with Crippen LogP contribution >= 0.6 is 15.9 Å². The van der Waals surface area contributed by atoms with Gasteiger partial charge in [0.05, 0.1) is 5.52 Å². The lowest BCUT2D eigenvalue weighted by atomic mass is 10.1. The summed E-state index contributed by atoms with van der Waals surface area (Å²) in [4.78, 5) is 0. The fourth-order valence-corrected chi connectivity index (χ4v) is 2.60. The van der Waals surface area contributed by atoms with Gasteiger partial charge in [-0.25, -0.2) is 0 Å². The van der Waals surface area contributed by atoms with Gasteiger partial charge in [-0.2, -0.15) is 0 Å². The largest absolute Gasteiger partial charge is 0.396 e. The van der Waals surface area contributed by atoms with E-state index in [2.05, 4.69) is 51.9 Å². The summed E-state index contributed by atoms with van der Waals surface area (Å²) in [7, 11) is 2.05. The number of hydrogen-bond acceptors (Lipinski definition) is 1. The zero-order valence-corrected chi connectivity index (χ0v) is 10.3. The number of nitrogens with zero attached hydrogens (tertiary/aromatic N) is 1. The second kappa shape index (κ2) is 4.37. The molecule has 2 aromatic rings. The van der Waals surface area contributed by atoms with E-state index in [4.69, 9.17) is 5.11 Å². The summed E-state index contributed by atoms with van der Waals surface area (Å²) in [6, 6.07) is 6.31. The first-order chi connectivity index (χ1) is 7.24. The van der Waals surface area contributed by atoms with Crippen molar-refractivity contribution in [1.29, 1.82) is 0 Å². The summed E-state index contributed by atoms with van der Waals surface area (Å²) in [6.07, 6.45) is 3.83. The molecule has 0 aliphatic heterocycles. The van der Waals surface area contributed by atoms with Gasteiger partial charge in [-0.15, -0.1) is 0 Å². The maximum Gasteiger partial charge on any atom is 0.0522 e. The SMILES string of the molecule is Cn1cc(Br)c2cccc(CCCO)c21. The van der Waals surface area contributed by atoms with Gasteiger partial charge in [-0.1, -0.05) is 18.2 Å². The molecule has 80 valence electrons. The molecular weight excluding hydrogens is 254 g/mol. The third kappa shape index (κ3) is 1.94. The maximum absolute atomic E-state index is 8.86. The van der Waals surface area contributed by atoms with Gasteiger partial charge in [-0.05, 0) is 34.3 Å². The van der Waals surface area contributed by atoms with E-state index in [1.165, 1.54) is 16.5 Å². The predicted octanol–water partition coefficient (Wildman–Crippen LogP) is 2.87. The third-order valence-electron chi connectivity index (χ3n) is 2.64. The molecule has 0 saturated heterocycles. The minimum absolute atomic E-state index is 0.252. The number of aromatic nitrogens is 1. The first kappa shape index (κ1) is 10.7. The van der Waals surface area contributed by atoms with Crippen LogP contribution in [0.3, 0.4) is 0 Å². The minimum Gasteiger partial charge on any atom is -0.396 e. The number of rotatable bonds is 3. The lowest BCUT2D eigenvalue weighted by Crippen LogP contribution is -1.94. The average molecular weight is 268 g/mol. The molecule has 15 heavy (non-hydrogen) atoms. The molecule has 0 aliphatic carbocycles. The smallest absolute Gasteiger partial charge is 0.0522 e. The molecule has 0 fully saturated rings. The van der Waals surface area contributed by atoms with Crippen LogP contribution in [0.15, 0.2) is 28.9 Å². The maximum atomic E-state index is 8.86. The Balaban J connectivity index is 2.54. The van der Waals surface area contributed by atoms with Gasteiger partial charge >= 0.3 is 0 Å². The summed E-state index contributed by atoms with van der Waals surface area (Å²) >= 11 is 3.55. The Bertz CT molecular complexity index is 476. The van der Waals surface area contributed by atoms with Crippen molar-refractivity contribution >= 4 is 26.8 Å². The van der Waals surface area contributed by atoms with Gasteiger partial charge < -0.3 is 9.67 Å². The lowest BCUT2D eigenvalue weighted by molar-refractivity contribution is 0.288. The van der Waals surface area contributed by atoms with Crippen LogP contribution in [-0.2, 0) is 13.5 Å². The quantitative estimate of drug-likeness (QED) is 0.909. The molecule has 0 bridgehead atoms. The molecular formula is C12H14BrNO. The average Bonchev–Trinajstić information content (AvgIpc) is 2.53. The Morgan fingerprint density at radius 1 is 1.40 bits per heavy atom. The van der Waals surface area contributed by atoms with Crippen molar-refractivity contribution in [1.82, 2.24) is 4.57 Å². The highest BCUT2D eigenvalue weighted by molar-refractivity contribution is 9.10. The van der Waals surface area contributed by atoms with Crippen molar-refractivity contribution in [3.05, 3.63) is 34.4 Å². The molecule has 1 aromatic heterocycles. The number of aliphatic hydroxyl groups is 1. The van der Waals surface area contributed by atoms with E-state index in [0.717, 1.165) is 17.3 Å². The summed E-state index contributed by atoms with van der Waals surface area (Å²) in [5.74, 6) is 0. The van der Waals surface area contributed by atoms with Gasteiger partial charge in [0.25, 0.3) is 0 Å². The van der Waals surface area contributed by atoms with E-state index in [1.807, 2.05) is 0 Å². The lowest BCUT2D eigenvalue weighted by Gasteiger charge is -2.04. The van der Waals surface area contributed by atoms with E-state index in [0.29, 0.717) is 0 Å². The van der Waals surface area contributed by atoms with E-state index in [-0.39, 0.29) is 6.61 Å². The van der Waals surface area contributed by atoms with E-state index in [1.54, 1.807) is 0 Å². The van der Waals surface area contributed by atoms with Gasteiger partial charge in [0.2, 0.25) is 0 Å². The molecule has 0 spiro atoms. The molecule has 0 amide bonds. The van der Waals surface area contributed by atoms with Gasteiger partial charge in [0, 0.05) is 29.7 Å². The number of para-hydroxylation sites is 1. The summed E-state index contributed by atoms with van der Waals surface area (Å²) in [5, 5.41) is 10.1. The first-order valence-corrected chi connectivity index (χ1v) is 5.86. The number of fused-ring (bicyclic) bond motifs is 1. The highest BCUT2D eigenvalue weighted by Gasteiger charge is 2.07. The molecule has 1 N–H and O–H groups in total. The molecule has 0 radical (unpaired) electrons. The zero-order valence-electron chi connectivity index (χ0n) is 8.70. The zero-order chi connectivity index (χ0) is 10.8. The van der Waals surface area contributed by atoms with Crippen LogP contribution in [0.5, 0.6) is 0 Å². The van der Waals surface area contributed by atoms with Crippen LogP contribution in [0.25, 0.3) is 10.9 Å². The van der Waals surface area contributed by atoms with Gasteiger partial charge in [-0.3, -0.25) is 0 Å². The Morgan fingerprint density at radius 3 is 2.93 bits per heavy atom. The Kier molecular flexibility index (Phi) is 3.12. The Labute approximate surface area is 97.7 Å². The van der Waals surface area contributed by atoms with Crippen LogP contribution in [0.1, 0.15) is 12.0 Å². The highest BCUT2D eigenvalue weighted by Crippen LogP contribution is 2.28. The van der Waals surface area contributed by atoms with Crippen molar-refractivity contribution in [2.24, 2.45) is 7.05 Å². The van der Waals surface area contributed by atoms with Crippen LogP contribution in [0.4, 0.5) is 0 Å². The molecule has 2 rings (SSSR count). The third-order valence-corrected chi connectivity index (χ3v) is 3.27. The molecule has 2 nitrogen and oxygen atoms in total. The molecule has 1 heterocycles. The Morgan fingerprint density at radius 2 is 2.20 bits per heavy atom. The molecule has 0 aliphatic rings. The van der Waals surface area contributed by atoms with Crippen molar-refractivity contribution in [3.63, 3.8) is 0 Å².